The first-order valence-corrected chi connectivity index (χ1v) is 5.26. The van der Waals surface area contributed by atoms with Gasteiger partial charge in [-0.1, -0.05) is 36.4 Å². The van der Waals surface area contributed by atoms with Gasteiger partial charge in [0.15, 0.2) is 0 Å². The van der Waals surface area contributed by atoms with Crippen molar-refractivity contribution in [3.8, 4) is 0 Å². The number of rotatable bonds is 1. The minimum absolute atomic E-state index is 0.0830. The minimum atomic E-state index is 0.0830. The molecule has 72 valence electrons. The van der Waals surface area contributed by atoms with E-state index in [2.05, 4.69) is 43.3 Å². The van der Waals surface area contributed by atoms with E-state index in [1.54, 1.807) is 0 Å². The molecule has 2 aromatic rings. The molecule has 0 nitrogen and oxygen atoms in total. The van der Waals surface area contributed by atoms with Crippen LogP contribution in [0, 0.1) is 6.92 Å². The first kappa shape index (κ1) is 9.54. The van der Waals surface area contributed by atoms with E-state index in [1.165, 1.54) is 21.9 Å². The van der Waals surface area contributed by atoms with E-state index in [9.17, 15) is 0 Å². The molecule has 0 heterocycles. The number of fused-ring (bicyclic) bond motifs is 1. The highest BCUT2D eigenvalue weighted by atomic mass is 35.5. The van der Waals surface area contributed by atoms with Gasteiger partial charge in [-0.15, -0.1) is 11.6 Å². The fraction of sp³-hybridized carbons (Fsp3) is 0.231. The molecule has 1 heteroatoms. The van der Waals surface area contributed by atoms with Crippen LogP contribution in [0.5, 0.6) is 0 Å². The van der Waals surface area contributed by atoms with Crippen LogP contribution in [-0.2, 0) is 0 Å². The van der Waals surface area contributed by atoms with Crippen molar-refractivity contribution >= 4 is 22.4 Å². The Morgan fingerprint density at radius 2 is 1.79 bits per heavy atom. The van der Waals surface area contributed by atoms with Crippen LogP contribution in [0.4, 0.5) is 0 Å². The molecule has 1 unspecified atom stereocenters. The second-order valence-electron chi connectivity index (χ2n) is 3.62. The Labute approximate surface area is 89.5 Å². The monoisotopic (exact) mass is 204 g/mol. The van der Waals surface area contributed by atoms with Gasteiger partial charge >= 0.3 is 0 Å². The molecule has 0 radical (unpaired) electrons. The number of aryl methyl sites for hydroxylation is 1. The second-order valence-corrected chi connectivity index (χ2v) is 4.27. The predicted octanol–water partition coefficient (Wildman–Crippen LogP) is 4.45. The van der Waals surface area contributed by atoms with Crippen molar-refractivity contribution in [2.75, 3.05) is 0 Å². The van der Waals surface area contributed by atoms with E-state index in [0.29, 0.717) is 0 Å². The van der Waals surface area contributed by atoms with Crippen molar-refractivity contribution in [3.63, 3.8) is 0 Å². The zero-order valence-corrected chi connectivity index (χ0v) is 9.18. The normalized spacial score (nSPS) is 13.1. The van der Waals surface area contributed by atoms with Crippen LogP contribution in [0.1, 0.15) is 23.4 Å². The summed E-state index contributed by atoms with van der Waals surface area (Å²) < 4.78 is 0. The Kier molecular flexibility index (Phi) is 2.47. The maximum atomic E-state index is 6.11. The van der Waals surface area contributed by atoms with Gasteiger partial charge in [-0.3, -0.25) is 0 Å². The van der Waals surface area contributed by atoms with E-state index in [-0.39, 0.29) is 5.38 Å². The van der Waals surface area contributed by atoms with Crippen LogP contribution in [0.15, 0.2) is 36.4 Å². The molecule has 0 aromatic heterocycles. The highest BCUT2D eigenvalue weighted by Gasteiger charge is 2.07. The van der Waals surface area contributed by atoms with Crippen molar-refractivity contribution in [3.05, 3.63) is 47.5 Å². The Balaban J connectivity index is 2.75. The third kappa shape index (κ3) is 1.51. The van der Waals surface area contributed by atoms with E-state index in [0.717, 1.165) is 0 Å². The molecule has 0 aliphatic carbocycles. The van der Waals surface area contributed by atoms with E-state index in [1.807, 2.05) is 6.92 Å². The largest absolute Gasteiger partial charge is 0.118 e. The average Bonchev–Trinajstić information content (AvgIpc) is 2.18. The Bertz CT molecular complexity index is 458. The molecule has 0 N–H and O–H groups in total. The van der Waals surface area contributed by atoms with Crippen LogP contribution in [0.25, 0.3) is 10.8 Å². The van der Waals surface area contributed by atoms with Crippen molar-refractivity contribution in [1.29, 1.82) is 0 Å². The molecule has 0 saturated carbocycles. The zero-order chi connectivity index (χ0) is 10.1. The van der Waals surface area contributed by atoms with Crippen LogP contribution in [0.2, 0.25) is 0 Å². The number of hydrogen-bond acceptors (Lipinski definition) is 0. The Hall–Kier alpha value is -1.01. The molecule has 0 aliphatic rings. The summed E-state index contributed by atoms with van der Waals surface area (Å²) in [6.07, 6.45) is 0. The summed E-state index contributed by atoms with van der Waals surface area (Å²) >= 11 is 6.11. The third-order valence-corrected chi connectivity index (χ3v) is 2.90. The van der Waals surface area contributed by atoms with E-state index in [4.69, 9.17) is 11.6 Å². The predicted molar refractivity (Wildman–Crippen MR) is 63.0 cm³/mol. The summed E-state index contributed by atoms with van der Waals surface area (Å²) in [5.41, 5.74) is 2.52. The van der Waals surface area contributed by atoms with Gasteiger partial charge in [0.2, 0.25) is 0 Å². The van der Waals surface area contributed by atoms with Crippen molar-refractivity contribution in [2.24, 2.45) is 0 Å². The fourth-order valence-corrected chi connectivity index (χ4v) is 2.11. The van der Waals surface area contributed by atoms with Crippen LogP contribution < -0.4 is 0 Å². The van der Waals surface area contributed by atoms with Crippen molar-refractivity contribution < 1.29 is 0 Å². The quantitative estimate of drug-likeness (QED) is 0.603. The summed E-state index contributed by atoms with van der Waals surface area (Å²) in [6, 6.07) is 12.7. The molecule has 0 spiro atoms. The number of benzene rings is 2. The van der Waals surface area contributed by atoms with Gasteiger partial charge in [0.1, 0.15) is 0 Å². The van der Waals surface area contributed by atoms with E-state index < -0.39 is 0 Å². The lowest BCUT2D eigenvalue weighted by Gasteiger charge is -2.10. The maximum Gasteiger partial charge on any atom is 0.0559 e. The molecule has 14 heavy (non-hydrogen) atoms. The van der Waals surface area contributed by atoms with Crippen LogP contribution in [-0.4, -0.2) is 0 Å². The molecule has 1 atom stereocenters. The first-order chi connectivity index (χ1) is 6.70. The SMILES string of the molecule is Cc1c(C(C)Cl)ccc2ccccc12. The average molecular weight is 205 g/mol. The lowest BCUT2D eigenvalue weighted by molar-refractivity contribution is 1.07. The molecule has 0 bridgehead atoms. The molecule has 0 fully saturated rings. The van der Waals surface area contributed by atoms with Gasteiger partial charge < -0.3 is 0 Å². The summed E-state index contributed by atoms with van der Waals surface area (Å²) in [5.74, 6) is 0. The summed E-state index contributed by atoms with van der Waals surface area (Å²) in [7, 11) is 0. The van der Waals surface area contributed by atoms with Gasteiger partial charge in [0, 0.05) is 0 Å². The third-order valence-electron chi connectivity index (χ3n) is 2.67. The van der Waals surface area contributed by atoms with Crippen molar-refractivity contribution in [2.45, 2.75) is 19.2 Å². The number of alkyl halides is 1. The second kappa shape index (κ2) is 3.62. The van der Waals surface area contributed by atoms with Crippen LogP contribution >= 0.6 is 11.6 Å². The number of hydrogen-bond donors (Lipinski definition) is 0. The Morgan fingerprint density at radius 3 is 2.50 bits per heavy atom. The molecular weight excluding hydrogens is 192 g/mol. The fourth-order valence-electron chi connectivity index (χ4n) is 1.87. The van der Waals surface area contributed by atoms with Gasteiger partial charge in [-0.25, -0.2) is 0 Å². The van der Waals surface area contributed by atoms with Gasteiger partial charge in [0.05, 0.1) is 5.38 Å². The minimum Gasteiger partial charge on any atom is -0.118 e. The smallest absolute Gasteiger partial charge is 0.0559 e. The topological polar surface area (TPSA) is 0 Å². The molecule has 0 aliphatic heterocycles. The molecule has 0 saturated heterocycles. The summed E-state index contributed by atoms with van der Waals surface area (Å²) in [6.45, 7) is 4.15. The lowest BCUT2D eigenvalue weighted by atomic mass is 9.99. The standard InChI is InChI=1S/C13H13Cl/c1-9-12(10(2)14)8-7-11-5-3-4-6-13(9)11/h3-8,10H,1-2H3. The first-order valence-electron chi connectivity index (χ1n) is 4.82. The molecule has 0 amide bonds. The lowest BCUT2D eigenvalue weighted by Crippen LogP contribution is -1.90. The van der Waals surface area contributed by atoms with Gasteiger partial charge in [-0.05, 0) is 35.7 Å². The molecule has 2 aromatic carbocycles. The van der Waals surface area contributed by atoms with Gasteiger partial charge in [-0.2, -0.15) is 0 Å². The van der Waals surface area contributed by atoms with Crippen molar-refractivity contribution in [1.82, 2.24) is 0 Å². The Morgan fingerprint density at radius 1 is 1.07 bits per heavy atom. The summed E-state index contributed by atoms with van der Waals surface area (Å²) in [4.78, 5) is 0. The molecule has 2 rings (SSSR count). The maximum absolute atomic E-state index is 6.11. The highest BCUT2D eigenvalue weighted by molar-refractivity contribution is 6.20. The molecular formula is C13H13Cl. The van der Waals surface area contributed by atoms with Crippen LogP contribution in [0.3, 0.4) is 0 Å². The highest BCUT2D eigenvalue weighted by Crippen LogP contribution is 2.28. The van der Waals surface area contributed by atoms with E-state index >= 15 is 0 Å². The summed E-state index contributed by atoms with van der Waals surface area (Å²) in [5, 5.41) is 2.67. The zero-order valence-electron chi connectivity index (χ0n) is 8.42. The number of halogens is 1. The van der Waals surface area contributed by atoms with Gasteiger partial charge in [0.25, 0.3) is 0 Å².